The number of hydrogen-bond donors (Lipinski definition) is 1. The standard InChI is InChI=1S/C25H26F7NO7S/c1-6-38-20(34)12-18(33-22(35)39-23(3,4)5)14-8-15(10-16(9-14)24(27,28)29)21-13(2)7-17(26)11-19(21)40-41(36,37)25(30,31)32/h7-11,18H,6,12H2,1-5H3,(H,33,35)/t18-/m0/s1. The van der Waals surface area contributed by atoms with Gasteiger partial charge in [0.05, 0.1) is 24.6 Å². The van der Waals surface area contributed by atoms with Gasteiger partial charge in [0.1, 0.15) is 11.4 Å². The lowest BCUT2D eigenvalue weighted by molar-refractivity contribution is -0.143. The summed E-state index contributed by atoms with van der Waals surface area (Å²) >= 11 is 0. The maximum Gasteiger partial charge on any atom is 0.534 e. The average Bonchev–Trinajstić information content (AvgIpc) is 2.75. The summed E-state index contributed by atoms with van der Waals surface area (Å²) in [6.07, 6.45) is -6.88. The van der Waals surface area contributed by atoms with Crippen LogP contribution in [0.2, 0.25) is 0 Å². The van der Waals surface area contributed by atoms with Crippen molar-refractivity contribution in [3.63, 3.8) is 0 Å². The first kappa shape index (κ1) is 33.6. The number of aryl methyl sites for hydroxylation is 1. The van der Waals surface area contributed by atoms with Gasteiger partial charge in [-0.2, -0.15) is 34.8 Å². The second-order valence-corrected chi connectivity index (χ2v) is 11.2. The number of nitrogens with one attached hydrogen (secondary N) is 1. The molecule has 0 unspecified atom stereocenters. The van der Waals surface area contributed by atoms with Crippen molar-refractivity contribution in [1.82, 2.24) is 5.32 Å². The van der Waals surface area contributed by atoms with Crippen molar-refractivity contribution in [2.75, 3.05) is 6.61 Å². The normalized spacial score (nSPS) is 13.4. The molecule has 0 aromatic heterocycles. The number of alkyl carbamates (subject to hydrolysis) is 1. The Morgan fingerprint density at radius 2 is 1.59 bits per heavy atom. The van der Waals surface area contributed by atoms with Crippen LogP contribution in [0.25, 0.3) is 11.1 Å². The van der Waals surface area contributed by atoms with Crippen LogP contribution in [-0.4, -0.2) is 38.2 Å². The van der Waals surface area contributed by atoms with Gasteiger partial charge in [-0.25, -0.2) is 9.18 Å². The summed E-state index contributed by atoms with van der Waals surface area (Å²) in [5.74, 6) is -3.41. The molecule has 0 fully saturated rings. The van der Waals surface area contributed by atoms with Crippen molar-refractivity contribution in [2.45, 2.75) is 64.4 Å². The molecule has 16 heteroatoms. The Kier molecular flexibility index (Phi) is 9.95. The predicted molar refractivity (Wildman–Crippen MR) is 131 cm³/mol. The molecule has 0 heterocycles. The van der Waals surface area contributed by atoms with Gasteiger partial charge >= 0.3 is 33.9 Å². The van der Waals surface area contributed by atoms with Gasteiger partial charge < -0.3 is 19.0 Å². The van der Waals surface area contributed by atoms with Crippen LogP contribution in [0, 0.1) is 12.7 Å². The van der Waals surface area contributed by atoms with Crippen LogP contribution in [0.3, 0.4) is 0 Å². The number of amides is 1. The topological polar surface area (TPSA) is 108 Å². The molecule has 0 aliphatic rings. The Bertz CT molecular complexity index is 1400. The lowest BCUT2D eigenvalue weighted by atomic mass is 9.92. The Labute approximate surface area is 230 Å². The molecule has 228 valence electrons. The summed E-state index contributed by atoms with van der Waals surface area (Å²) in [5, 5.41) is 2.27. The van der Waals surface area contributed by atoms with Gasteiger partial charge in [-0.05, 0) is 75.6 Å². The van der Waals surface area contributed by atoms with Gasteiger partial charge in [0.2, 0.25) is 0 Å². The largest absolute Gasteiger partial charge is 0.534 e. The molecule has 2 aromatic rings. The van der Waals surface area contributed by atoms with Gasteiger partial charge in [0.15, 0.2) is 5.75 Å². The molecule has 0 saturated heterocycles. The van der Waals surface area contributed by atoms with E-state index in [1.165, 1.54) is 27.7 Å². The molecule has 0 aliphatic carbocycles. The Balaban J connectivity index is 2.82. The maximum atomic E-state index is 14.1. The molecule has 41 heavy (non-hydrogen) atoms. The minimum Gasteiger partial charge on any atom is -0.466 e. The van der Waals surface area contributed by atoms with E-state index < -0.39 is 80.2 Å². The number of hydrogen-bond acceptors (Lipinski definition) is 7. The molecular formula is C25H26F7NO7S. The zero-order valence-corrected chi connectivity index (χ0v) is 23.1. The van der Waals surface area contributed by atoms with Crippen molar-refractivity contribution >= 4 is 22.2 Å². The molecule has 0 bridgehead atoms. The second-order valence-electron chi connectivity index (χ2n) is 9.63. The fourth-order valence-corrected chi connectivity index (χ4v) is 4.03. The van der Waals surface area contributed by atoms with E-state index in [2.05, 4.69) is 9.50 Å². The first-order valence-corrected chi connectivity index (χ1v) is 13.1. The second kappa shape index (κ2) is 12.1. The molecule has 1 N–H and O–H groups in total. The van der Waals surface area contributed by atoms with Gasteiger partial charge in [-0.15, -0.1) is 0 Å². The highest BCUT2D eigenvalue weighted by Crippen LogP contribution is 2.41. The molecule has 0 spiro atoms. The number of ether oxygens (including phenoxy) is 2. The fourth-order valence-electron chi connectivity index (χ4n) is 3.56. The van der Waals surface area contributed by atoms with Gasteiger partial charge in [0.25, 0.3) is 0 Å². The quantitative estimate of drug-likeness (QED) is 0.155. The molecule has 1 atom stereocenters. The number of benzene rings is 2. The lowest BCUT2D eigenvalue weighted by Gasteiger charge is -2.25. The number of carbonyl (C=O) groups excluding carboxylic acids is 2. The van der Waals surface area contributed by atoms with Crippen LogP contribution in [0.1, 0.15) is 56.8 Å². The van der Waals surface area contributed by atoms with E-state index in [4.69, 9.17) is 9.47 Å². The summed E-state index contributed by atoms with van der Waals surface area (Å²) in [4.78, 5) is 24.7. The summed E-state index contributed by atoms with van der Waals surface area (Å²) < 4.78 is 132. The van der Waals surface area contributed by atoms with Crippen LogP contribution in [0.4, 0.5) is 35.5 Å². The Morgan fingerprint density at radius 3 is 2.10 bits per heavy atom. The number of alkyl halides is 6. The average molecular weight is 618 g/mol. The molecule has 1 amide bonds. The molecule has 0 aliphatic heterocycles. The minimum atomic E-state index is -6.36. The van der Waals surface area contributed by atoms with Crippen molar-refractivity contribution in [1.29, 1.82) is 0 Å². The van der Waals surface area contributed by atoms with Crippen LogP contribution in [0.15, 0.2) is 30.3 Å². The van der Waals surface area contributed by atoms with Crippen LogP contribution < -0.4 is 9.50 Å². The highest BCUT2D eigenvalue weighted by molar-refractivity contribution is 7.88. The Morgan fingerprint density at radius 1 is 0.976 bits per heavy atom. The van der Waals surface area contributed by atoms with E-state index in [9.17, 15) is 48.7 Å². The van der Waals surface area contributed by atoms with Gasteiger partial charge in [-0.1, -0.05) is 0 Å². The monoisotopic (exact) mass is 617 g/mol. The van der Waals surface area contributed by atoms with Crippen molar-refractivity contribution in [2.24, 2.45) is 0 Å². The lowest BCUT2D eigenvalue weighted by Crippen LogP contribution is -2.36. The third kappa shape index (κ3) is 9.23. The van der Waals surface area contributed by atoms with Gasteiger partial charge in [0, 0.05) is 11.6 Å². The van der Waals surface area contributed by atoms with E-state index in [-0.39, 0.29) is 23.8 Å². The predicted octanol–water partition coefficient (Wildman–Crippen LogP) is 6.57. The zero-order valence-electron chi connectivity index (χ0n) is 22.3. The summed E-state index contributed by atoms with van der Waals surface area (Å²) in [6.45, 7) is 6.97. The van der Waals surface area contributed by atoms with E-state index in [1.807, 2.05) is 0 Å². The number of rotatable bonds is 8. The first-order chi connectivity index (χ1) is 18.5. The molecule has 0 radical (unpaired) electrons. The summed E-state index contributed by atoms with van der Waals surface area (Å²) in [5.41, 5.74) is -10.2. The molecular weight excluding hydrogens is 591 g/mol. The zero-order chi connectivity index (χ0) is 31.6. The van der Waals surface area contributed by atoms with Crippen LogP contribution in [-0.2, 0) is 30.6 Å². The number of halogens is 7. The van der Waals surface area contributed by atoms with Crippen molar-refractivity contribution < 1.29 is 62.4 Å². The smallest absolute Gasteiger partial charge is 0.466 e. The Hall–Kier alpha value is -3.56. The number of carbonyl (C=O) groups is 2. The highest BCUT2D eigenvalue weighted by atomic mass is 32.2. The SMILES string of the molecule is CCOC(=O)C[C@H](NC(=O)OC(C)(C)C)c1cc(-c2c(C)cc(F)cc2OS(=O)(=O)C(F)(F)F)cc(C(F)(F)F)c1. The van der Waals surface area contributed by atoms with E-state index in [0.717, 1.165) is 19.1 Å². The highest BCUT2D eigenvalue weighted by Gasteiger charge is 2.49. The molecule has 2 rings (SSSR count). The van der Waals surface area contributed by atoms with Crippen LogP contribution >= 0.6 is 0 Å². The van der Waals surface area contributed by atoms with E-state index >= 15 is 0 Å². The van der Waals surface area contributed by atoms with E-state index in [1.54, 1.807) is 0 Å². The third-order valence-corrected chi connectivity index (χ3v) is 6.05. The first-order valence-electron chi connectivity index (χ1n) is 11.7. The van der Waals surface area contributed by atoms with Gasteiger partial charge in [-0.3, -0.25) is 4.79 Å². The molecule has 2 aromatic carbocycles. The summed E-state index contributed by atoms with van der Waals surface area (Å²) in [6, 6.07) is 1.46. The molecule has 8 nitrogen and oxygen atoms in total. The third-order valence-electron chi connectivity index (χ3n) is 5.09. The van der Waals surface area contributed by atoms with Crippen molar-refractivity contribution in [3.05, 3.63) is 52.8 Å². The number of esters is 1. The van der Waals surface area contributed by atoms with E-state index in [0.29, 0.717) is 12.1 Å². The minimum absolute atomic E-state index is 0.102. The van der Waals surface area contributed by atoms with Crippen molar-refractivity contribution in [3.8, 4) is 16.9 Å². The summed E-state index contributed by atoms with van der Waals surface area (Å²) in [7, 11) is -6.36. The fraction of sp³-hybridized carbons (Fsp3) is 0.440. The molecule has 0 saturated carbocycles. The van der Waals surface area contributed by atoms with Crippen LogP contribution in [0.5, 0.6) is 5.75 Å². The maximum absolute atomic E-state index is 14.1.